The number of benzene rings is 2. The molecule has 0 aliphatic rings. The summed E-state index contributed by atoms with van der Waals surface area (Å²) in [5.74, 6) is 0.799. The molecule has 2 heterocycles. The molecule has 0 saturated carbocycles. The summed E-state index contributed by atoms with van der Waals surface area (Å²) in [5, 5.41) is 16.8. The number of nitrogens with zero attached hydrogens (tertiary/aromatic N) is 2. The quantitative estimate of drug-likeness (QED) is 0.269. The molecule has 2 aromatic carbocycles. The van der Waals surface area contributed by atoms with Gasteiger partial charge in [-0.15, -0.1) is 11.3 Å². The summed E-state index contributed by atoms with van der Waals surface area (Å²) < 4.78 is 5.78. The molecule has 1 atom stereocenters. The molecule has 2 aromatic heterocycles. The van der Waals surface area contributed by atoms with E-state index < -0.39 is 6.10 Å². The van der Waals surface area contributed by atoms with Crippen molar-refractivity contribution in [3.63, 3.8) is 0 Å². The minimum Gasteiger partial charge on any atom is -0.492 e. The molecule has 0 unspecified atom stereocenters. The summed E-state index contributed by atoms with van der Waals surface area (Å²) in [4.78, 5) is 8.72. The van der Waals surface area contributed by atoms with Crippen molar-refractivity contribution in [1.82, 2.24) is 15.3 Å². The number of hydrogen-bond acceptors (Lipinski definition) is 6. The lowest BCUT2D eigenvalue weighted by Gasteiger charge is -2.12. The van der Waals surface area contributed by atoms with Crippen LogP contribution >= 0.6 is 22.9 Å². The Labute approximate surface area is 190 Å². The van der Waals surface area contributed by atoms with E-state index in [2.05, 4.69) is 27.8 Å². The third-order valence-corrected chi connectivity index (χ3v) is 5.81. The summed E-state index contributed by atoms with van der Waals surface area (Å²) in [6, 6.07) is 21.6. The fourth-order valence-electron chi connectivity index (χ4n) is 3.02. The summed E-state index contributed by atoms with van der Waals surface area (Å²) in [6.45, 7) is 1.53. The standard InChI is InChI=1S/C24H22ClN3O2S/c25-23-11-8-19(14-27-23)22(29)15-26-12-13-30-20-9-6-18(7-10-20)24-28-21(16-31-24)17-4-2-1-3-5-17/h1-11,14,16,22,26,29H,12-13,15H2/t22-/m0/s1. The Morgan fingerprint density at radius 2 is 1.81 bits per heavy atom. The molecule has 31 heavy (non-hydrogen) atoms. The molecule has 0 spiro atoms. The zero-order chi connectivity index (χ0) is 21.5. The van der Waals surface area contributed by atoms with Gasteiger partial charge in [-0.3, -0.25) is 0 Å². The molecule has 0 fully saturated rings. The Morgan fingerprint density at radius 1 is 1.00 bits per heavy atom. The topological polar surface area (TPSA) is 67.3 Å². The van der Waals surface area contributed by atoms with Gasteiger partial charge in [-0.1, -0.05) is 48.0 Å². The second-order valence-electron chi connectivity index (χ2n) is 6.91. The molecule has 0 aliphatic heterocycles. The first-order valence-electron chi connectivity index (χ1n) is 9.93. The number of aliphatic hydroxyl groups excluding tert-OH is 1. The van der Waals surface area contributed by atoms with Crippen LogP contribution in [0.4, 0.5) is 0 Å². The minimum atomic E-state index is -0.636. The van der Waals surface area contributed by atoms with Crippen LogP contribution in [0, 0.1) is 0 Å². The van der Waals surface area contributed by atoms with Crippen molar-refractivity contribution in [3.05, 3.63) is 89.0 Å². The third-order valence-electron chi connectivity index (χ3n) is 4.70. The number of rotatable bonds is 9. The zero-order valence-electron chi connectivity index (χ0n) is 16.7. The molecule has 4 aromatic rings. The largest absolute Gasteiger partial charge is 0.492 e. The Kier molecular flexibility index (Phi) is 7.27. The maximum atomic E-state index is 10.1. The summed E-state index contributed by atoms with van der Waals surface area (Å²) >= 11 is 7.40. The first kappa shape index (κ1) is 21.5. The van der Waals surface area contributed by atoms with Gasteiger partial charge in [0.05, 0.1) is 11.8 Å². The van der Waals surface area contributed by atoms with E-state index in [1.54, 1.807) is 29.7 Å². The molecule has 0 radical (unpaired) electrons. The van der Waals surface area contributed by atoms with Crippen LogP contribution in [0.1, 0.15) is 11.7 Å². The fraction of sp³-hybridized carbons (Fsp3) is 0.167. The highest BCUT2D eigenvalue weighted by Gasteiger charge is 2.08. The van der Waals surface area contributed by atoms with Gasteiger partial charge in [0, 0.05) is 41.4 Å². The number of nitrogens with one attached hydrogen (secondary N) is 1. The molecule has 0 amide bonds. The number of pyridine rings is 1. The zero-order valence-corrected chi connectivity index (χ0v) is 18.3. The van der Waals surface area contributed by atoms with Gasteiger partial charge in [-0.25, -0.2) is 9.97 Å². The van der Waals surface area contributed by atoms with E-state index in [-0.39, 0.29) is 0 Å². The number of thiazole rings is 1. The van der Waals surface area contributed by atoms with Gasteiger partial charge >= 0.3 is 0 Å². The number of aliphatic hydroxyl groups is 1. The summed E-state index contributed by atoms with van der Waals surface area (Å²) in [6.07, 6.45) is 0.945. The van der Waals surface area contributed by atoms with E-state index in [1.165, 1.54) is 0 Å². The Hall–Kier alpha value is -2.77. The maximum absolute atomic E-state index is 10.1. The van der Waals surface area contributed by atoms with Crippen LogP contribution in [0.3, 0.4) is 0 Å². The van der Waals surface area contributed by atoms with Crippen molar-refractivity contribution in [1.29, 1.82) is 0 Å². The van der Waals surface area contributed by atoms with Gasteiger partial charge in [0.15, 0.2) is 0 Å². The number of hydrogen-bond donors (Lipinski definition) is 2. The first-order valence-corrected chi connectivity index (χ1v) is 11.2. The predicted octanol–water partition coefficient (Wildman–Crippen LogP) is 5.23. The molecule has 7 heteroatoms. The number of aromatic nitrogens is 2. The van der Waals surface area contributed by atoms with Crippen LogP contribution < -0.4 is 10.1 Å². The van der Waals surface area contributed by atoms with E-state index in [0.717, 1.165) is 33.1 Å². The lowest BCUT2D eigenvalue weighted by atomic mass is 10.1. The molecule has 4 rings (SSSR count). The fourth-order valence-corrected chi connectivity index (χ4v) is 3.97. The molecular formula is C24H22ClN3O2S. The monoisotopic (exact) mass is 451 g/mol. The van der Waals surface area contributed by atoms with Gasteiger partial charge in [0.2, 0.25) is 0 Å². The van der Waals surface area contributed by atoms with Crippen LogP contribution in [0.25, 0.3) is 21.8 Å². The number of halogens is 1. The predicted molar refractivity (Wildman–Crippen MR) is 126 cm³/mol. The molecule has 2 N–H and O–H groups in total. The van der Waals surface area contributed by atoms with E-state index >= 15 is 0 Å². The highest BCUT2D eigenvalue weighted by Crippen LogP contribution is 2.29. The Bertz CT molecular complexity index is 1090. The third kappa shape index (κ3) is 5.89. The van der Waals surface area contributed by atoms with Gasteiger partial charge in [0.1, 0.15) is 22.5 Å². The highest BCUT2D eigenvalue weighted by molar-refractivity contribution is 7.13. The van der Waals surface area contributed by atoms with Crippen molar-refractivity contribution in [2.24, 2.45) is 0 Å². The van der Waals surface area contributed by atoms with Crippen molar-refractivity contribution < 1.29 is 9.84 Å². The minimum absolute atomic E-state index is 0.412. The molecule has 0 saturated heterocycles. The average molecular weight is 452 g/mol. The molecule has 158 valence electrons. The van der Waals surface area contributed by atoms with Gasteiger partial charge in [-0.05, 0) is 30.3 Å². The summed E-state index contributed by atoms with van der Waals surface area (Å²) in [5.41, 5.74) is 3.90. The van der Waals surface area contributed by atoms with Gasteiger partial charge < -0.3 is 15.2 Å². The second-order valence-corrected chi connectivity index (χ2v) is 8.16. The molecule has 0 aliphatic carbocycles. The first-order chi connectivity index (χ1) is 15.2. The van der Waals surface area contributed by atoms with Gasteiger partial charge in [0.25, 0.3) is 0 Å². The summed E-state index contributed by atoms with van der Waals surface area (Å²) in [7, 11) is 0. The SMILES string of the molecule is O[C@@H](CNCCOc1ccc(-c2nc(-c3ccccc3)cs2)cc1)c1ccc(Cl)nc1. The van der Waals surface area contributed by atoms with E-state index in [0.29, 0.717) is 24.8 Å². The van der Waals surface area contributed by atoms with Crippen molar-refractivity contribution in [3.8, 4) is 27.6 Å². The smallest absolute Gasteiger partial charge is 0.129 e. The lowest BCUT2D eigenvalue weighted by molar-refractivity contribution is 0.171. The van der Waals surface area contributed by atoms with Crippen LogP contribution in [0.2, 0.25) is 5.15 Å². The van der Waals surface area contributed by atoms with Crippen molar-refractivity contribution in [2.45, 2.75) is 6.10 Å². The lowest BCUT2D eigenvalue weighted by Crippen LogP contribution is -2.26. The average Bonchev–Trinajstić information content (AvgIpc) is 3.30. The van der Waals surface area contributed by atoms with E-state index in [4.69, 9.17) is 21.3 Å². The second kappa shape index (κ2) is 10.5. The van der Waals surface area contributed by atoms with E-state index in [1.807, 2.05) is 42.5 Å². The molecule has 5 nitrogen and oxygen atoms in total. The van der Waals surface area contributed by atoms with Crippen LogP contribution in [0.15, 0.2) is 78.3 Å². The molecule has 0 bridgehead atoms. The van der Waals surface area contributed by atoms with Crippen LogP contribution in [-0.4, -0.2) is 34.8 Å². The van der Waals surface area contributed by atoms with Crippen LogP contribution in [0.5, 0.6) is 5.75 Å². The van der Waals surface area contributed by atoms with Crippen molar-refractivity contribution in [2.75, 3.05) is 19.7 Å². The van der Waals surface area contributed by atoms with E-state index in [9.17, 15) is 5.11 Å². The maximum Gasteiger partial charge on any atom is 0.129 e. The van der Waals surface area contributed by atoms with Crippen molar-refractivity contribution >= 4 is 22.9 Å². The highest BCUT2D eigenvalue weighted by atomic mass is 35.5. The Morgan fingerprint density at radius 3 is 2.55 bits per heavy atom. The van der Waals surface area contributed by atoms with Crippen LogP contribution in [-0.2, 0) is 0 Å². The molecular weight excluding hydrogens is 430 g/mol. The van der Waals surface area contributed by atoms with Gasteiger partial charge in [-0.2, -0.15) is 0 Å². The normalized spacial score (nSPS) is 11.9. The Balaban J connectivity index is 1.23. The number of ether oxygens (including phenoxy) is 1.